The van der Waals surface area contributed by atoms with Crippen LogP contribution in [0.5, 0.6) is 0 Å². The van der Waals surface area contributed by atoms with E-state index in [-0.39, 0.29) is 0 Å². The van der Waals surface area contributed by atoms with Gasteiger partial charge in [-0.15, -0.1) is 10.2 Å². The van der Waals surface area contributed by atoms with E-state index in [0.29, 0.717) is 17.7 Å². The normalized spacial score (nSPS) is 33.9. The van der Waals surface area contributed by atoms with Crippen molar-refractivity contribution in [3.63, 3.8) is 0 Å². The average Bonchev–Trinajstić information content (AvgIpc) is 3.34. The van der Waals surface area contributed by atoms with Gasteiger partial charge >= 0.3 is 0 Å². The molecule has 4 atom stereocenters. The number of aromatic nitrogens is 3. The summed E-state index contributed by atoms with van der Waals surface area (Å²) < 4.78 is 2.38. The Morgan fingerprint density at radius 1 is 1.00 bits per heavy atom. The number of hydrogen-bond donors (Lipinski definition) is 0. The van der Waals surface area contributed by atoms with Crippen molar-refractivity contribution >= 4 is 5.91 Å². The first kappa shape index (κ1) is 16.8. The summed E-state index contributed by atoms with van der Waals surface area (Å²) in [5.41, 5.74) is 0. The van der Waals surface area contributed by atoms with Gasteiger partial charge < -0.3 is 9.47 Å². The molecule has 1 aromatic rings. The predicted octanol–water partition coefficient (Wildman–Crippen LogP) is 3.54. The van der Waals surface area contributed by atoms with Crippen molar-refractivity contribution in [2.24, 2.45) is 17.8 Å². The molecule has 2 aliphatic carbocycles. The van der Waals surface area contributed by atoms with Gasteiger partial charge in [0.15, 0.2) is 0 Å². The maximum absolute atomic E-state index is 13.0. The van der Waals surface area contributed by atoms with E-state index in [4.69, 9.17) is 0 Å². The molecule has 0 radical (unpaired) electrons. The minimum atomic E-state index is 0.382. The van der Waals surface area contributed by atoms with Gasteiger partial charge in [0, 0.05) is 38.4 Å². The third-order valence-electron chi connectivity index (χ3n) is 7.60. The molecule has 2 saturated carbocycles. The summed E-state index contributed by atoms with van der Waals surface area (Å²) >= 11 is 0. The van der Waals surface area contributed by atoms with Gasteiger partial charge in [-0.25, -0.2) is 0 Å². The molecule has 3 fully saturated rings. The molecule has 0 aromatic carbocycles. The summed E-state index contributed by atoms with van der Waals surface area (Å²) in [6, 6.07) is 0. The lowest BCUT2D eigenvalue weighted by Crippen LogP contribution is -2.40. The number of rotatable bonds is 3. The molecule has 2 aliphatic heterocycles. The second-order valence-corrected chi connectivity index (χ2v) is 9.25. The van der Waals surface area contributed by atoms with Crippen molar-refractivity contribution in [2.75, 3.05) is 13.1 Å². The van der Waals surface area contributed by atoms with Crippen LogP contribution in [-0.2, 0) is 17.8 Å². The van der Waals surface area contributed by atoms with Gasteiger partial charge in [-0.2, -0.15) is 0 Å². The molecule has 2 bridgehead atoms. The van der Waals surface area contributed by atoms with Crippen molar-refractivity contribution in [1.29, 1.82) is 0 Å². The number of amides is 1. The lowest BCUT2D eigenvalue weighted by Gasteiger charge is -2.34. The second kappa shape index (κ2) is 6.97. The zero-order chi connectivity index (χ0) is 17.5. The van der Waals surface area contributed by atoms with Crippen LogP contribution in [0.25, 0.3) is 0 Å². The summed E-state index contributed by atoms with van der Waals surface area (Å²) in [4.78, 5) is 15.1. The molecule has 26 heavy (non-hydrogen) atoms. The maximum Gasteiger partial charge on any atom is 0.222 e. The average molecular weight is 357 g/mol. The van der Waals surface area contributed by atoms with Gasteiger partial charge in [-0.05, 0) is 62.7 Å². The monoisotopic (exact) mass is 356 g/mol. The number of piperidine rings is 1. The molecular formula is C21H32N4O. The lowest BCUT2D eigenvalue weighted by atomic mass is 9.85. The molecule has 0 spiro atoms. The smallest absolute Gasteiger partial charge is 0.222 e. The van der Waals surface area contributed by atoms with Gasteiger partial charge in [-0.1, -0.05) is 12.8 Å². The zero-order valence-corrected chi connectivity index (χ0v) is 15.9. The van der Waals surface area contributed by atoms with Crippen molar-refractivity contribution in [3.05, 3.63) is 11.6 Å². The van der Waals surface area contributed by atoms with Crippen molar-refractivity contribution in [2.45, 2.75) is 83.1 Å². The first-order valence-corrected chi connectivity index (χ1v) is 11.0. The molecule has 0 unspecified atom stereocenters. The van der Waals surface area contributed by atoms with Crippen LogP contribution < -0.4 is 0 Å². The number of fused-ring (bicyclic) bond motifs is 3. The summed E-state index contributed by atoms with van der Waals surface area (Å²) in [7, 11) is 0. The van der Waals surface area contributed by atoms with Crippen LogP contribution >= 0.6 is 0 Å². The zero-order valence-electron chi connectivity index (χ0n) is 15.9. The van der Waals surface area contributed by atoms with Gasteiger partial charge in [-0.3, -0.25) is 4.79 Å². The third-order valence-corrected chi connectivity index (χ3v) is 7.60. The topological polar surface area (TPSA) is 51.0 Å². The second-order valence-electron chi connectivity index (χ2n) is 9.25. The van der Waals surface area contributed by atoms with Crippen LogP contribution in [0.15, 0.2) is 0 Å². The number of carbonyl (C=O) groups excluding carboxylic acids is 1. The number of hydrogen-bond acceptors (Lipinski definition) is 3. The summed E-state index contributed by atoms with van der Waals surface area (Å²) in [5.74, 6) is 5.55. The van der Waals surface area contributed by atoms with E-state index in [9.17, 15) is 4.79 Å². The van der Waals surface area contributed by atoms with Crippen LogP contribution in [0, 0.1) is 17.8 Å². The highest BCUT2D eigenvalue weighted by Crippen LogP contribution is 2.49. The van der Waals surface area contributed by atoms with E-state index < -0.39 is 0 Å². The Labute approximate surface area is 156 Å². The van der Waals surface area contributed by atoms with Crippen LogP contribution in [0.4, 0.5) is 0 Å². The SMILES string of the molecule is O=C(C[C@H]1C[C@H]2CC[C@H]1C2)N1CCC[C@@H](c2nnc3n2CCCCC3)C1. The largest absolute Gasteiger partial charge is 0.342 e. The number of carbonyl (C=O) groups is 1. The van der Waals surface area contributed by atoms with E-state index in [1.165, 1.54) is 50.8 Å². The molecule has 5 nitrogen and oxygen atoms in total. The van der Waals surface area contributed by atoms with Gasteiger partial charge in [0.25, 0.3) is 0 Å². The third kappa shape index (κ3) is 3.07. The minimum Gasteiger partial charge on any atom is -0.342 e. The number of likely N-dealkylation sites (tertiary alicyclic amines) is 1. The molecule has 1 aromatic heterocycles. The summed E-state index contributed by atoms with van der Waals surface area (Å²) in [6.07, 6.45) is 13.4. The first-order valence-electron chi connectivity index (χ1n) is 11.0. The molecule has 4 aliphatic rings. The highest BCUT2D eigenvalue weighted by molar-refractivity contribution is 5.76. The molecule has 3 heterocycles. The Bertz CT molecular complexity index is 669. The van der Waals surface area contributed by atoms with Crippen LogP contribution in [0.2, 0.25) is 0 Å². The summed E-state index contributed by atoms with van der Waals surface area (Å²) in [5, 5.41) is 9.05. The van der Waals surface area contributed by atoms with E-state index in [1.54, 1.807) is 0 Å². The van der Waals surface area contributed by atoms with Gasteiger partial charge in [0.1, 0.15) is 11.6 Å². The minimum absolute atomic E-state index is 0.382. The van der Waals surface area contributed by atoms with E-state index in [1.807, 2.05) is 0 Å². The van der Waals surface area contributed by atoms with Crippen LogP contribution in [0.3, 0.4) is 0 Å². The standard InChI is InChI=1S/C21H32N4O/c26-20(13-18-12-15-7-8-16(18)11-15)24-9-4-5-17(14-24)21-23-22-19-6-2-1-3-10-25(19)21/h15-18H,1-14H2/t15-,16-,17+,18+/m0/s1. The fourth-order valence-corrected chi connectivity index (χ4v) is 6.20. The Morgan fingerprint density at radius 3 is 2.81 bits per heavy atom. The van der Waals surface area contributed by atoms with E-state index in [0.717, 1.165) is 63.0 Å². The highest BCUT2D eigenvalue weighted by Gasteiger charge is 2.41. The fraction of sp³-hybridized carbons (Fsp3) is 0.857. The van der Waals surface area contributed by atoms with Gasteiger partial charge in [0.05, 0.1) is 0 Å². The fourth-order valence-electron chi connectivity index (χ4n) is 6.20. The number of aryl methyl sites for hydroxylation is 1. The van der Waals surface area contributed by atoms with Crippen LogP contribution in [-0.4, -0.2) is 38.7 Å². The van der Waals surface area contributed by atoms with E-state index in [2.05, 4.69) is 19.7 Å². The van der Waals surface area contributed by atoms with Crippen molar-refractivity contribution in [1.82, 2.24) is 19.7 Å². The quantitative estimate of drug-likeness (QED) is 0.832. The van der Waals surface area contributed by atoms with Gasteiger partial charge in [0.2, 0.25) is 5.91 Å². The van der Waals surface area contributed by atoms with Crippen LogP contribution in [0.1, 0.15) is 81.8 Å². The Hall–Kier alpha value is -1.39. The molecule has 5 rings (SSSR count). The Morgan fingerprint density at radius 2 is 1.96 bits per heavy atom. The Balaban J connectivity index is 1.25. The molecular weight excluding hydrogens is 324 g/mol. The van der Waals surface area contributed by atoms with E-state index >= 15 is 0 Å². The molecule has 142 valence electrons. The predicted molar refractivity (Wildman–Crippen MR) is 99.7 cm³/mol. The lowest BCUT2D eigenvalue weighted by molar-refractivity contribution is -0.133. The molecule has 5 heteroatoms. The highest BCUT2D eigenvalue weighted by atomic mass is 16.2. The molecule has 1 amide bonds. The molecule has 1 saturated heterocycles. The van der Waals surface area contributed by atoms with Crippen molar-refractivity contribution in [3.8, 4) is 0 Å². The number of nitrogens with zero attached hydrogens (tertiary/aromatic N) is 4. The maximum atomic E-state index is 13.0. The molecule has 0 N–H and O–H groups in total. The van der Waals surface area contributed by atoms with Crippen molar-refractivity contribution < 1.29 is 4.79 Å². The summed E-state index contributed by atoms with van der Waals surface area (Å²) in [6.45, 7) is 2.86. The first-order chi connectivity index (χ1) is 12.8. The Kier molecular flexibility index (Phi) is 4.49.